The standard InChI is InChI=1S/C19H22F2N2/c1-14-9-17(22-11-15-5-3-2-4-6-15)13-23(12-14)19-8-7-16(20)10-18(19)21/h2-8,10,14,17,22H,9,11-13H2,1H3. The van der Waals surface area contributed by atoms with Gasteiger partial charge in [0, 0.05) is 31.7 Å². The van der Waals surface area contributed by atoms with E-state index in [9.17, 15) is 8.78 Å². The molecule has 1 aliphatic heterocycles. The number of nitrogens with zero attached hydrogens (tertiary/aromatic N) is 1. The smallest absolute Gasteiger partial charge is 0.149 e. The van der Waals surface area contributed by atoms with Gasteiger partial charge >= 0.3 is 0 Å². The van der Waals surface area contributed by atoms with E-state index >= 15 is 0 Å². The van der Waals surface area contributed by atoms with Gasteiger partial charge < -0.3 is 10.2 Å². The zero-order valence-corrected chi connectivity index (χ0v) is 13.3. The van der Waals surface area contributed by atoms with Gasteiger partial charge in [0.1, 0.15) is 11.6 Å². The largest absolute Gasteiger partial charge is 0.367 e. The molecule has 3 rings (SSSR count). The number of rotatable bonds is 4. The highest BCUT2D eigenvalue weighted by Crippen LogP contribution is 2.26. The molecule has 1 aliphatic rings. The Morgan fingerprint density at radius 3 is 2.61 bits per heavy atom. The van der Waals surface area contributed by atoms with Gasteiger partial charge in [0.2, 0.25) is 0 Å². The summed E-state index contributed by atoms with van der Waals surface area (Å²) in [6.07, 6.45) is 1.06. The van der Waals surface area contributed by atoms with Crippen molar-refractivity contribution < 1.29 is 8.78 Å². The molecule has 2 atom stereocenters. The molecule has 0 bridgehead atoms. The van der Waals surface area contributed by atoms with Crippen LogP contribution in [0.15, 0.2) is 48.5 Å². The average molecular weight is 316 g/mol. The first-order chi connectivity index (χ1) is 11.1. The van der Waals surface area contributed by atoms with Crippen LogP contribution in [0.1, 0.15) is 18.9 Å². The number of halogens is 2. The van der Waals surface area contributed by atoms with Crippen molar-refractivity contribution in [2.45, 2.75) is 25.9 Å². The van der Waals surface area contributed by atoms with Gasteiger partial charge in [-0.1, -0.05) is 37.3 Å². The second-order valence-electron chi connectivity index (χ2n) is 6.41. The molecule has 2 aromatic rings. The molecule has 2 nitrogen and oxygen atoms in total. The molecule has 1 N–H and O–H groups in total. The van der Waals surface area contributed by atoms with Crippen molar-refractivity contribution in [1.82, 2.24) is 5.32 Å². The van der Waals surface area contributed by atoms with Crippen molar-refractivity contribution in [2.24, 2.45) is 5.92 Å². The minimum Gasteiger partial charge on any atom is -0.367 e. The monoisotopic (exact) mass is 316 g/mol. The number of anilines is 1. The summed E-state index contributed by atoms with van der Waals surface area (Å²) in [4.78, 5) is 2.02. The summed E-state index contributed by atoms with van der Waals surface area (Å²) in [5.74, 6) is -0.558. The Balaban J connectivity index is 1.66. The van der Waals surface area contributed by atoms with Gasteiger partial charge in [-0.2, -0.15) is 0 Å². The Hall–Kier alpha value is -1.94. The fraction of sp³-hybridized carbons (Fsp3) is 0.368. The van der Waals surface area contributed by atoms with Gasteiger partial charge in [-0.15, -0.1) is 0 Å². The second-order valence-corrected chi connectivity index (χ2v) is 6.41. The minimum absolute atomic E-state index is 0.295. The summed E-state index contributed by atoms with van der Waals surface area (Å²) >= 11 is 0. The van der Waals surface area contributed by atoms with E-state index in [4.69, 9.17) is 0 Å². The van der Waals surface area contributed by atoms with Crippen molar-refractivity contribution in [2.75, 3.05) is 18.0 Å². The predicted molar refractivity (Wildman–Crippen MR) is 89.4 cm³/mol. The molecule has 1 fully saturated rings. The van der Waals surface area contributed by atoms with Crippen molar-refractivity contribution in [3.8, 4) is 0 Å². The topological polar surface area (TPSA) is 15.3 Å². The average Bonchev–Trinajstić information content (AvgIpc) is 2.53. The quantitative estimate of drug-likeness (QED) is 0.918. The van der Waals surface area contributed by atoms with E-state index in [0.29, 0.717) is 17.6 Å². The zero-order chi connectivity index (χ0) is 16.2. The third kappa shape index (κ3) is 4.08. The molecule has 1 heterocycles. The maximum absolute atomic E-state index is 14.0. The number of hydrogen-bond donors (Lipinski definition) is 1. The van der Waals surface area contributed by atoms with Crippen LogP contribution < -0.4 is 10.2 Å². The lowest BCUT2D eigenvalue weighted by Crippen LogP contribution is -2.48. The normalized spacial score (nSPS) is 21.4. The van der Waals surface area contributed by atoms with Crippen molar-refractivity contribution >= 4 is 5.69 Å². The molecular weight excluding hydrogens is 294 g/mol. The lowest BCUT2D eigenvalue weighted by molar-refractivity contribution is 0.347. The first-order valence-electron chi connectivity index (χ1n) is 8.09. The molecule has 122 valence electrons. The summed E-state index contributed by atoms with van der Waals surface area (Å²) in [6.45, 7) is 4.51. The molecule has 23 heavy (non-hydrogen) atoms. The van der Waals surface area contributed by atoms with E-state index in [1.807, 2.05) is 23.1 Å². The fourth-order valence-electron chi connectivity index (χ4n) is 3.29. The van der Waals surface area contributed by atoms with E-state index < -0.39 is 11.6 Å². The van der Waals surface area contributed by atoms with Crippen LogP contribution in [0.25, 0.3) is 0 Å². The number of benzene rings is 2. The molecule has 4 heteroatoms. The summed E-state index contributed by atoms with van der Waals surface area (Å²) in [5, 5.41) is 3.56. The van der Waals surface area contributed by atoms with Crippen molar-refractivity contribution in [3.63, 3.8) is 0 Å². The van der Waals surface area contributed by atoms with Gasteiger partial charge in [0.25, 0.3) is 0 Å². The molecule has 2 unspecified atom stereocenters. The molecule has 0 aliphatic carbocycles. The van der Waals surface area contributed by atoms with Crippen LogP contribution in [0.4, 0.5) is 14.5 Å². The summed E-state index contributed by atoms with van der Waals surface area (Å²) < 4.78 is 27.1. The lowest BCUT2D eigenvalue weighted by Gasteiger charge is -2.38. The van der Waals surface area contributed by atoms with E-state index in [1.54, 1.807) is 0 Å². The summed E-state index contributed by atoms with van der Waals surface area (Å²) in [5.41, 5.74) is 1.73. The fourth-order valence-corrected chi connectivity index (χ4v) is 3.29. The van der Waals surface area contributed by atoms with Gasteiger partial charge in [0.05, 0.1) is 5.69 Å². The first-order valence-corrected chi connectivity index (χ1v) is 8.09. The molecule has 0 aromatic heterocycles. The van der Waals surface area contributed by atoms with E-state index in [-0.39, 0.29) is 0 Å². The maximum atomic E-state index is 14.0. The number of hydrogen-bond acceptors (Lipinski definition) is 2. The highest BCUT2D eigenvalue weighted by Gasteiger charge is 2.26. The Morgan fingerprint density at radius 2 is 1.87 bits per heavy atom. The molecule has 2 aromatic carbocycles. The molecule has 0 saturated carbocycles. The van der Waals surface area contributed by atoms with E-state index in [1.165, 1.54) is 17.7 Å². The van der Waals surface area contributed by atoms with Crippen molar-refractivity contribution in [1.29, 1.82) is 0 Å². The Labute approximate surface area is 136 Å². The SMILES string of the molecule is CC1CC(NCc2ccccc2)CN(c2ccc(F)cc2F)C1. The summed E-state index contributed by atoms with van der Waals surface area (Å²) in [6, 6.07) is 14.4. The van der Waals surface area contributed by atoms with Crippen LogP contribution in [-0.4, -0.2) is 19.1 Å². The molecule has 0 amide bonds. The Kier molecular flexibility index (Phi) is 4.91. The molecule has 0 radical (unpaired) electrons. The highest BCUT2D eigenvalue weighted by atomic mass is 19.1. The zero-order valence-electron chi connectivity index (χ0n) is 13.3. The van der Waals surface area contributed by atoms with Crippen LogP contribution >= 0.6 is 0 Å². The highest BCUT2D eigenvalue weighted by molar-refractivity contribution is 5.48. The summed E-state index contributed by atoms with van der Waals surface area (Å²) in [7, 11) is 0. The maximum Gasteiger partial charge on any atom is 0.149 e. The van der Waals surface area contributed by atoms with Crippen LogP contribution in [0.5, 0.6) is 0 Å². The third-order valence-corrected chi connectivity index (χ3v) is 4.35. The van der Waals surface area contributed by atoms with Crippen LogP contribution in [-0.2, 0) is 6.54 Å². The minimum atomic E-state index is -0.532. The Bertz CT molecular complexity index is 645. The van der Waals surface area contributed by atoms with Crippen molar-refractivity contribution in [3.05, 3.63) is 65.7 Å². The van der Waals surface area contributed by atoms with Gasteiger partial charge in [0.15, 0.2) is 0 Å². The number of nitrogens with one attached hydrogen (secondary N) is 1. The van der Waals surface area contributed by atoms with Crippen LogP contribution in [0, 0.1) is 17.6 Å². The van der Waals surface area contributed by atoms with Gasteiger partial charge in [-0.3, -0.25) is 0 Å². The predicted octanol–water partition coefficient (Wildman–Crippen LogP) is 3.97. The van der Waals surface area contributed by atoms with E-state index in [2.05, 4.69) is 24.4 Å². The first kappa shape index (κ1) is 15.9. The third-order valence-electron chi connectivity index (χ3n) is 4.35. The second kappa shape index (κ2) is 7.09. The van der Waals surface area contributed by atoms with Crippen LogP contribution in [0.3, 0.4) is 0 Å². The molecular formula is C19H22F2N2. The lowest BCUT2D eigenvalue weighted by atomic mass is 9.95. The molecule has 1 saturated heterocycles. The molecule has 0 spiro atoms. The van der Waals surface area contributed by atoms with Crippen LogP contribution in [0.2, 0.25) is 0 Å². The van der Waals surface area contributed by atoms with E-state index in [0.717, 1.165) is 32.1 Å². The van der Waals surface area contributed by atoms with Gasteiger partial charge in [-0.25, -0.2) is 8.78 Å². The Morgan fingerprint density at radius 1 is 1.09 bits per heavy atom. The van der Waals surface area contributed by atoms with Gasteiger partial charge in [-0.05, 0) is 30.0 Å². The number of piperidine rings is 1.